The van der Waals surface area contributed by atoms with Gasteiger partial charge in [-0.05, 0) is 25.0 Å². The molecule has 0 heterocycles. The van der Waals surface area contributed by atoms with Crippen LogP contribution in [-0.2, 0) is 4.79 Å². The number of carbonyl (C=O) groups is 1. The SMILES string of the molecule is CCCCCCCCCC(Oc1ccccc1)C(=O)[O-].[K+]. The molecule has 1 aromatic rings. The monoisotopic (exact) mass is 316 g/mol. The second-order valence-electron chi connectivity index (χ2n) is 5.15. The van der Waals surface area contributed by atoms with Crippen LogP contribution >= 0.6 is 0 Å². The third-order valence-electron chi connectivity index (χ3n) is 3.35. The van der Waals surface area contributed by atoms with E-state index in [1.165, 1.54) is 32.1 Å². The number of benzene rings is 1. The number of aliphatic carboxylic acids is 1. The zero-order valence-corrected chi connectivity index (χ0v) is 16.5. The molecule has 21 heavy (non-hydrogen) atoms. The van der Waals surface area contributed by atoms with Gasteiger partial charge in [0.15, 0.2) is 0 Å². The van der Waals surface area contributed by atoms with Crippen molar-refractivity contribution in [2.45, 2.75) is 64.4 Å². The van der Waals surface area contributed by atoms with Gasteiger partial charge in [-0.2, -0.15) is 0 Å². The minimum atomic E-state index is -1.13. The van der Waals surface area contributed by atoms with E-state index < -0.39 is 12.1 Å². The van der Waals surface area contributed by atoms with Crippen LogP contribution in [0.3, 0.4) is 0 Å². The first-order chi connectivity index (χ1) is 9.74. The maximum absolute atomic E-state index is 11.1. The molecule has 0 fully saturated rings. The Kier molecular flexibility index (Phi) is 13.8. The van der Waals surface area contributed by atoms with Gasteiger partial charge in [-0.1, -0.05) is 63.6 Å². The standard InChI is InChI=1S/C17H26O3.K/c1-2-3-4-5-6-7-11-14-16(17(18)19)20-15-12-9-8-10-13-15;/h8-10,12-13,16H,2-7,11,14H2,1H3,(H,18,19);/q;+1/p-1. The van der Waals surface area contributed by atoms with Crippen molar-refractivity contribution in [3.63, 3.8) is 0 Å². The van der Waals surface area contributed by atoms with Gasteiger partial charge in [-0.15, -0.1) is 0 Å². The van der Waals surface area contributed by atoms with Crippen molar-refractivity contribution < 1.29 is 66.0 Å². The predicted octanol–water partition coefficient (Wildman–Crippen LogP) is 0.329. The average Bonchev–Trinajstić information content (AvgIpc) is 2.46. The smallest absolute Gasteiger partial charge is 0.546 e. The summed E-state index contributed by atoms with van der Waals surface area (Å²) in [5.74, 6) is -0.538. The van der Waals surface area contributed by atoms with Crippen molar-refractivity contribution in [3.8, 4) is 5.75 Å². The van der Waals surface area contributed by atoms with Crippen molar-refractivity contribution in [1.29, 1.82) is 0 Å². The summed E-state index contributed by atoms with van der Waals surface area (Å²) in [7, 11) is 0. The second-order valence-corrected chi connectivity index (χ2v) is 5.15. The number of carboxylic acids is 1. The summed E-state index contributed by atoms with van der Waals surface area (Å²) in [4.78, 5) is 11.1. The number of carboxylic acid groups (broad SMARTS) is 1. The molecule has 0 aliphatic carbocycles. The van der Waals surface area contributed by atoms with E-state index in [-0.39, 0.29) is 51.4 Å². The molecule has 4 heteroatoms. The van der Waals surface area contributed by atoms with Gasteiger partial charge >= 0.3 is 51.4 Å². The number of carbonyl (C=O) groups excluding carboxylic acids is 1. The summed E-state index contributed by atoms with van der Waals surface area (Å²) in [5.41, 5.74) is 0. The van der Waals surface area contributed by atoms with Crippen LogP contribution in [0.25, 0.3) is 0 Å². The normalized spacial score (nSPS) is 11.5. The Bertz CT molecular complexity index is 368. The van der Waals surface area contributed by atoms with Crippen LogP contribution < -0.4 is 61.2 Å². The second kappa shape index (κ2) is 13.8. The largest absolute Gasteiger partial charge is 1.00 e. The molecule has 0 bridgehead atoms. The van der Waals surface area contributed by atoms with E-state index in [1.54, 1.807) is 12.1 Å². The fourth-order valence-electron chi connectivity index (χ4n) is 2.18. The summed E-state index contributed by atoms with van der Waals surface area (Å²) in [5, 5.41) is 11.1. The number of hydrogen-bond acceptors (Lipinski definition) is 3. The van der Waals surface area contributed by atoms with Gasteiger partial charge in [-0.3, -0.25) is 0 Å². The van der Waals surface area contributed by atoms with Crippen LogP contribution in [0, 0.1) is 0 Å². The number of ether oxygens (including phenoxy) is 1. The molecule has 1 rings (SSSR count). The van der Waals surface area contributed by atoms with E-state index in [1.807, 2.05) is 18.2 Å². The van der Waals surface area contributed by atoms with Crippen molar-refractivity contribution in [2.24, 2.45) is 0 Å². The molecule has 3 nitrogen and oxygen atoms in total. The van der Waals surface area contributed by atoms with E-state index in [4.69, 9.17) is 4.74 Å². The van der Waals surface area contributed by atoms with Gasteiger partial charge in [0.05, 0.1) is 5.97 Å². The van der Waals surface area contributed by atoms with Crippen LogP contribution in [0.1, 0.15) is 58.3 Å². The summed E-state index contributed by atoms with van der Waals surface area (Å²) in [6, 6.07) is 9.06. The molecule has 0 aromatic heterocycles. The molecule has 1 atom stereocenters. The Labute approximate surface area is 170 Å². The molecule has 0 aliphatic rings. The number of para-hydroxylation sites is 1. The molecule has 0 amide bonds. The van der Waals surface area contributed by atoms with Crippen LogP contribution in [0.15, 0.2) is 30.3 Å². The maximum atomic E-state index is 11.1. The summed E-state index contributed by atoms with van der Waals surface area (Å²) < 4.78 is 5.46. The quantitative estimate of drug-likeness (QED) is 0.437. The zero-order chi connectivity index (χ0) is 14.6. The first kappa shape index (κ1) is 21.1. The average molecular weight is 316 g/mol. The fraction of sp³-hybridized carbons (Fsp3) is 0.588. The van der Waals surface area contributed by atoms with Crippen molar-refractivity contribution in [3.05, 3.63) is 30.3 Å². The van der Waals surface area contributed by atoms with E-state index in [0.29, 0.717) is 12.2 Å². The van der Waals surface area contributed by atoms with Gasteiger partial charge in [0.25, 0.3) is 0 Å². The molecule has 1 unspecified atom stereocenters. The molecule has 0 radical (unpaired) electrons. The van der Waals surface area contributed by atoms with Crippen molar-refractivity contribution in [2.75, 3.05) is 0 Å². The van der Waals surface area contributed by atoms with E-state index in [2.05, 4.69) is 6.92 Å². The van der Waals surface area contributed by atoms with Crippen LogP contribution in [0.2, 0.25) is 0 Å². The van der Waals surface area contributed by atoms with Gasteiger partial charge in [0, 0.05) is 0 Å². The van der Waals surface area contributed by atoms with Crippen molar-refractivity contribution >= 4 is 5.97 Å². The Morgan fingerprint density at radius 3 is 2.19 bits per heavy atom. The van der Waals surface area contributed by atoms with Crippen molar-refractivity contribution in [1.82, 2.24) is 0 Å². The van der Waals surface area contributed by atoms with Gasteiger partial charge in [-0.25, -0.2) is 0 Å². The van der Waals surface area contributed by atoms with Gasteiger partial charge in [0.1, 0.15) is 11.9 Å². The maximum Gasteiger partial charge on any atom is 1.00 e. The fourth-order valence-corrected chi connectivity index (χ4v) is 2.18. The number of hydrogen-bond donors (Lipinski definition) is 0. The molecule has 0 N–H and O–H groups in total. The molecular weight excluding hydrogens is 291 g/mol. The molecular formula is C17H25KO3. The summed E-state index contributed by atoms with van der Waals surface area (Å²) >= 11 is 0. The third-order valence-corrected chi connectivity index (χ3v) is 3.35. The van der Waals surface area contributed by atoms with E-state index in [0.717, 1.165) is 12.8 Å². The van der Waals surface area contributed by atoms with E-state index >= 15 is 0 Å². The third kappa shape index (κ3) is 10.5. The summed E-state index contributed by atoms with van der Waals surface area (Å²) in [6.07, 6.45) is 7.84. The minimum Gasteiger partial charge on any atom is -0.546 e. The van der Waals surface area contributed by atoms with Crippen LogP contribution in [0.4, 0.5) is 0 Å². The predicted molar refractivity (Wildman–Crippen MR) is 78.5 cm³/mol. The van der Waals surface area contributed by atoms with Crippen LogP contribution in [0.5, 0.6) is 5.75 Å². The summed E-state index contributed by atoms with van der Waals surface area (Å²) in [6.45, 7) is 2.20. The molecule has 0 saturated carbocycles. The topological polar surface area (TPSA) is 49.4 Å². The minimum absolute atomic E-state index is 0. The number of unbranched alkanes of at least 4 members (excludes halogenated alkanes) is 6. The zero-order valence-electron chi connectivity index (χ0n) is 13.3. The Morgan fingerprint density at radius 2 is 1.62 bits per heavy atom. The Balaban J connectivity index is 0.00000400. The van der Waals surface area contributed by atoms with Gasteiger partial charge in [0.2, 0.25) is 0 Å². The molecule has 1 aromatic carbocycles. The number of rotatable bonds is 11. The molecule has 0 saturated heterocycles. The Morgan fingerprint density at radius 1 is 1.05 bits per heavy atom. The Hall–Kier alpha value is 0.126. The first-order valence-corrected chi connectivity index (χ1v) is 7.66. The molecule has 0 spiro atoms. The van der Waals surface area contributed by atoms with E-state index in [9.17, 15) is 9.90 Å². The van der Waals surface area contributed by atoms with Crippen LogP contribution in [-0.4, -0.2) is 12.1 Å². The van der Waals surface area contributed by atoms with Gasteiger partial charge < -0.3 is 14.6 Å². The first-order valence-electron chi connectivity index (χ1n) is 7.66. The molecule has 0 aliphatic heterocycles. The molecule has 112 valence electrons.